The second-order valence-corrected chi connectivity index (χ2v) is 7.60. The van der Waals surface area contributed by atoms with Gasteiger partial charge >= 0.3 is 0 Å². The molecule has 2 aliphatic rings. The molecular formula is C22H26N4O3. The van der Waals surface area contributed by atoms with Crippen molar-refractivity contribution in [1.82, 2.24) is 14.4 Å². The van der Waals surface area contributed by atoms with E-state index in [1.165, 1.54) is 5.56 Å². The van der Waals surface area contributed by atoms with Crippen LogP contribution in [0.2, 0.25) is 0 Å². The van der Waals surface area contributed by atoms with E-state index in [4.69, 9.17) is 0 Å². The Morgan fingerprint density at radius 2 is 1.62 bits per heavy atom. The van der Waals surface area contributed by atoms with Gasteiger partial charge in [-0.05, 0) is 36.6 Å². The predicted molar refractivity (Wildman–Crippen MR) is 110 cm³/mol. The highest BCUT2D eigenvalue weighted by atomic mass is 16.2. The number of aryl methyl sites for hydroxylation is 1. The van der Waals surface area contributed by atoms with Crippen molar-refractivity contribution in [2.24, 2.45) is 0 Å². The Morgan fingerprint density at radius 1 is 0.897 bits per heavy atom. The molecule has 2 aromatic rings. The summed E-state index contributed by atoms with van der Waals surface area (Å²) in [6.45, 7) is 4.50. The van der Waals surface area contributed by atoms with E-state index in [0.29, 0.717) is 38.4 Å². The van der Waals surface area contributed by atoms with E-state index >= 15 is 0 Å². The van der Waals surface area contributed by atoms with Crippen LogP contribution in [0.5, 0.6) is 0 Å². The van der Waals surface area contributed by atoms with Crippen molar-refractivity contribution in [3.05, 3.63) is 53.9 Å². The second-order valence-electron chi connectivity index (χ2n) is 7.60. The average molecular weight is 394 g/mol. The van der Waals surface area contributed by atoms with Crippen LogP contribution in [0.3, 0.4) is 0 Å². The lowest BCUT2D eigenvalue weighted by Gasteiger charge is -2.34. The van der Waals surface area contributed by atoms with Crippen molar-refractivity contribution in [1.29, 1.82) is 0 Å². The van der Waals surface area contributed by atoms with Crippen molar-refractivity contribution < 1.29 is 14.4 Å². The Hall–Kier alpha value is -3.09. The standard InChI is InChI=1S/C22H26N4O3/c1-17(27)23-12-14-24(15-13-23)22(29)20-9-5-10-25(20)16-21(28)26-11-4-7-18-6-2-3-8-19(18)26/h2-3,5-6,8-10H,4,7,11-16H2,1H3. The summed E-state index contributed by atoms with van der Waals surface area (Å²) in [6.07, 6.45) is 3.72. The van der Waals surface area contributed by atoms with Crippen molar-refractivity contribution in [2.45, 2.75) is 26.3 Å². The average Bonchev–Trinajstić information content (AvgIpc) is 3.20. The fourth-order valence-electron chi connectivity index (χ4n) is 4.16. The highest BCUT2D eigenvalue weighted by molar-refractivity contribution is 5.96. The van der Waals surface area contributed by atoms with Crippen LogP contribution in [0.4, 0.5) is 5.69 Å². The highest BCUT2D eigenvalue weighted by Gasteiger charge is 2.27. The number of benzene rings is 1. The molecule has 0 N–H and O–H groups in total. The van der Waals surface area contributed by atoms with Gasteiger partial charge in [-0.2, -0.15) is 0 Å². The first kappa shape index (κ1) is 19.2. The monoisotopic (exact) mass is 394 g/mol. The molecule has 29 heavy (non-hydrogen) atoms. The maximum Gasteiger partial charge on any atom is 0.270 e. The van der Waals surface area contributed by atoms with Crippen molar-refractivity contribution in [3.63, 3.8) is 0 Å². The van der Waals surface area contributed by atoms with Gasteiger partial charge in [0.25, 0.3) is 5.91 Å². The van der Waals surface area contributed by atoms with Crippen molar-refractivity contribution in [3.8, 4) is 0 Å². The zero-order valence-electron chi connectivity index (χ0n) is 16.7. The number of hydrogen-bond acceptors (Lipinski definition) is 3. The Morgan fingerprint density at radius 3 is 2.38 bits per heavy atom. The third-order valence-corrected chi connectivity index (χ3v) is 5.78. The Bertz CT molecular complexity index is 928. The summed E-state index contributed by atoms with van der Waals surface area (Å²) in [5, 5.41) is 0. The molecule has 152 valence electrons. The maximum absolute atomic E-state index is 13.0. The lowest BCUT2D eigenvalue weighted by molar-refractivity contribution is -0.130. The molecule has 0 spiro atoms. The quantitative estimate of drug-likeness (QED) is 0.797. The Balaban J connectivity index is 1.46. The molecule has 0 bridgehead atoms. The van der Waals surface area contributed by atoms with E-state index in [2.05, 4.69) is 6.07 Å². The van der Waals surface area contributed by atoms with Crippen LogP contribution in [0, 0.1) is 0 Å². The molecule has 3 heterocycles. The summed E-state index contributed by atoms with van der Waals surface area (Å²) in [5.74, 6) is -0.0678. The molecule has 3 amide bonds. The molecular weight excluding hydrogens is 368 g/mol. The fraction of sp³-hybridized carbons (Fsp3) is 0.409. The number of nitrogens with zero attached hydrogens (tertiary/aromatic N) is 4. The van der Waals surface area contributed by atoms with Gasteiger partial charge in [0.15, 0.2) is 0 Å². The van der Waals surface area contributed by atoms with Gasteiger partial charge in [-0.3, -0.25) is 14.4 Å². The maximum atomic E-state index is 13.0. The minimum absolute atomic E-state index is 0.0104. The molecule has 1 fully saturated rings. The van der Waals surface area contributed by atoms with Crippen LogP contribution in [0.1, 0.15) is 29.4 Å². The number of carbonyl (C=O) groups excluding carboxylic acids is 3. The zero-order chi connectivity index (χ0) is 20.4. The molecule has 4 rings (SSSR count). The molecule has 7 nitrogen and oxygen atoms in total. The number of fused-ring (bicyclic) bond motifs is 1. The van der Waals surface area contributed by atoms with Crippen molar-refractivity contribution >= 4 is 23.4 Å². The zero-order valence-corrected chi connectivity index (χ0v) is 16.7. The third kappa shape index (κ3) is 3.90. The summed E-state index contributed by atoms with van der Waals surface area (Å²) < 4.78 is 1.74. The Labute approximate surface area is 170 Å². The van der Waals surface area contributed by atoms with Gasteiger partial charge in [-0.25, -0.2) is 0 Å². The van der Waals surface area contributed by atoms with E-state index in [1.54, 1.807) is 39.6 Å². The van der Waals surface area contributed by atoms with Crippen molar-refractivity contribution in [2.75, 3.05) is 37.6 Å². The summed E-state index contributed by atoms with van der Waals surface area (Å²) >= 11 is 0. The van der Waals surface area contributed by atoms with Crippen LogP contribution >= 0.6 is 0 Å². The van der Waals surface area contributed by atoms with E-state index in [9.17, 15) is 14.4 Å². The Kier molecular flexibility index (Phi) is 5.38. The molecule has 7 heteroatoms. The molecule has 2 aliphatic heterocycles. The van der Waals surface area contributed by atoms with Crippen LogP contribution in [0.15, 0.2) is 42.6 Å². The summed E-state index contributed by atoms with van der Waals surface area (Å²) in [4.78, 5) is 42.9. The van der Waals surface area contributed by atoms with E-state index < -0.39 is 0 Å². The fourth-order valence-corrected chi connectivity index (χ4v) is 4.16. The van der Waals surface area contributed by atoms with Crippen LogP contribution in [-0.4, -0.2) is 64.8 Å². The predicted octanol–water partition coefficient (Wildman–Crippen LogP) is 1.77. The van der Waals surface area contributed by atoms with Gasteiger partial charge in [0.05, 0.1) is 0 Å². The van der Waals surface area contributed by atoms with E-state index in [0.717, 1.165) is 18.5 Å². The van der Waals surface area contributed by atoms with Crippen LogP contribution in [-0.2, 0) is 22.6 Å². The van der Waals surface area contributed by atoms with E-state index in [-0.39, 0.29) is 24.3 Å². The molecule has 1 aromatic heterocycles. The SMILES string of the molecule is CC(=O)N1CCN(C(=O)c2cccn2CC(=O)N2CCCc3ccccc32)CC1. The molecule has 1 saturated heterocycles. The number of aromatic nitrogens is 1. The van der Waals surface area contributed by atoms with Gasteiger partial charge < -0.3 is 19.3 Å². The topological polar surface area (TPSA) is 65.9 Å². The van der Waals surface area contributed by atoms with Gasteiger partial charge in [0.2, 0.25) is 11.8 Å². The first-order chi connectivity index (χ1) is 14.0. The summed E-state index contributed by atoms with van der Waals surface area (Å²) in [5.41, 5.74) is 2.68. The van der Waals surface area contributed by atoms with Crippen LogP contribution < -0.4 is 4.90 Å². The van der Waals surface area contributed by atoms with Gasteiger partial charge in [0, 0.05) is 51.5 Å². The molecule has 0 aliphatic carbocycles. The summed E-state index contributed by atoms with van der Waals surface area (Å²) in [6, 6.07) is 11.6. The molecule has 0 radical (unpaired) electrons. The molecule has 0 unspecified atom stereocenters. The number of piperazine rings is 1. The van der Waals surface area contributed by atoms with Gasteiger partial charge in [0.1, 0.15) is 12.2 Å². The number of rotatable bonds is 3. The minimum Gasteiger partial charge on any atom is -0.339 e. The normalized spacial score (nSPS) is 16.5. The van der Waals surface area contributed by atoms with Crippen LogP contribution in [0.25, 0.3) is 0 Å². The molecule has 0 saturated carbocycles. The number of para-hydroxylation sites is 1. The molecule has 0 atom stereocenters. The first-order valence-corrected chi connectivity index (χ1v) is 10.1. The first-order valence-electron chi connectivity index (χ1n) is 10.1. The lowest BCUT2D eigenvalue weighted by Crippen LogP contribution is -2.50. The van der Waals surface area contributed by atoms with E-state index in [1.807, 2.05) is 23.1 Å². The van der Waals surface area contributed by atoms with Gasteiger partial charge in [-0.1, -0.05) is 18.2 Å². The highest BCUT2D eigenvalue weighted by Crippen LogP contribution is 2.27. The number of hydrogen-bond donors (Lipinski definition) is 0. The largest absolute Gasteiger partial charge is 0.339 e. The number of anilines is 1. The smallest absolute Gasteiger partial charge is 0.270 e. The molecule has 1 aromatic carbocycles. The third-order valence-electron chi connectivity index (χ3n) is 5.78. The number of amides is 3. The summed E-state index contributed by atoms with van der Waals surface area (Å²) in [7, 11) is 0. The number of carbonyl (C=O) groups is 3. The van der Waals surface area contributed by atoms with Gasteiger partial charge in [-0.15, -0.1) is 0 Å². The lowest BCUT2D eigenvalue weighted by atomic mass is 10.0. The minimum atomic E-state index is -0.0925. The second kappa shape index (κ2) is 8.11.